The minimum absolute atomic E-state index is 0.0199. The number of aromatic nitrogens is 5. The first-order valence-electron chi connectivity index (χ1n) is 5.99. The summed E-state index contributed by atoms with van der Waals surface area (Å²) < 4.78 is 40.3. The minimum atomic E-state index is -4.37. The van der Waals surface area contributed by atoms with Crippen LogP contribution in [0.15, 0.2) is 18.7 Å². The van der Waals surface area contributed by atoms with E-state index in [0.717, 1.165) is 0 Å². The van der Waals surface area contributed by atoms with Crippen molar-refractivity contribution in [2.45, 2.75) is 24.6 Å². The molecular weight excluding hydrogens is 289 g/mol. The number of rotatable bonds is 4. The Labute approximate surface area is 116 Å². The third kappa shape index (κ3) is 2.46. The molecule has 0 saturated heterocycles. The largest absolute Gasteiger partial charge is 0.411 e. The molecule has 0 radical (unpaired) electrons. The predicted octanol–water partition coefficient (Wildman–Crippen LogP) is 0.850. The number of hydrogen-bond donors (Lipinski definition) is 3. The van der Waals surface area contributed by atoms with E-state index in [0.29, 0.717) is 0 Å². The predicted molar refractivity (Wildman–Crippen MR) is 66.4 cm³/mol. The zero-order valence-electron chi connectivity index (χ0n) is 10.6. The van der Waals surface area contributed by atoms with E-state index in [1.807, 2.05) is 0 Å². The second-order valence-electron chi connectivity index (χ2n) is 4.60. The number of nitrogens with one attached hydrogen (secondary N) is 2. The highest BCUT2D eigenvalue weighted by atomic mass is 19.4. The first kappa shape index (κ1) is 13.5. The van der Waals surface area contributed by atoms with Gasteiger partial charge in [0.15, 0.2) is 0 Å². The normalized spacial score (nSPS) is 16.6. The lowest BCUT2D eigenvalue weighted by atomic mass is 10.3. The fraction of sp³-hybridized carbons (Fsp3) is 0.400. The van der Waals surface area contributed by atoms with Crippen molar-refractivity contribution in [1.29, 1.82) is 0 Å². The maximum atomic E-state index is 12.9. The molecule has 2 heterocycles. The van der Waals surface area contributed by atoms with Gasteiger partial charge in [-0.3, -0.25) is 9.99 Å². The third-order valence-corrected chi connectivity index (χ3v) is 3.13. The molecule has 1 aliphatic carbocycles. The lowest BCUT2D eigenvalue weighted by Crippen LogP contribution is -2.39. The second kappa shape index (κ2) is 4.55. The average molecular weight is 300 g/mol. The van der Waals surface area contributed by atoms with E-state index in [2.05, 4.69) is 30.7 Å². The highest BCUT2D eigenvalue weighted by molar-refractivity contribution is 5.42. The molecule has 4 N–H and O–H groups in total. The van der Waals surface area contributed by atoms with Gasteiger partial charge < -0.3 is 5.32 Å². The molecule has 0 unspecified atom stereocenters. The van der Waals surface area contributed by atoms with Crippen LogP contribution in [0.5, 0.6) is 0 Å². The van der Waals surface area contributed by atoms with Crippen LogP contribution in [-0.2, 0) is 0 Å². The third-order valence-electron chi connectivity index (χ3n) is 3.13. The molecule has 112 valence electrons. The molecule has 3 rings (SSSR count). The van der Waals surface area contributed by atoms with E-state index in [-0.39, 0.29) is 30.7 Å². The summed E-state index contributed by atoms with van der Waals surface area (Å²) in [6.07, 6.45) is 0.0454. The monoisotopic (exact) mass is 300 g/mol. The minimum Gasteiger partial charge on any atom is -0.340 e. The molecule has 2 aromatic heterocycles. The molecule has 11 heteroatoms. The van der Waals surface area contributed by atoms with Crippen LogP contribution < -0.4 is 16.6 Å². The average Bonchev–Trinajstić information content (AvgIpc) is 3.03. The summed E-state index contributed by atoms with van der Waals surface area (Å²) in [5.41, 5.74) is 0.232. The highest BCUT2D eigenvalue weighted by Gasteiger charge is 2.64. The smallest absolute Gasteiger partial charge is 0.340 e. The van der Waals surface area contributed by atoms with Gasteiger partial charge in [0.2, 0.25) is 17.8 Å². The number of imidazole rings is 1. The number of anilines is 2. The van der Waals surface area contributed by atoms with Gasteiger partial charge in [-0.25, -0.2) is 10.8 Å². The molecule has 1 aliphatic rings. The molecule has 1 saturated carbocycles. The fourth-order valence-corrected chi connectivity index (χ4v) is 1.80. The molecular formula is C10H11F3N8. The zero-order valence-corrected chi connectivity index (χ0v) is 10.6. The van der Waals surface area contributed by atoms with Crippen molar-refractivity contribution in [2.75, 3.05) is 10.7 Å². The van der Waals surface area contributed by atoms with Gasteiger partial charge in [-0.05, 0) is 12.8 Å². The first-order chi connectivity index (χ1) is 9.93. The van der Waals surface area contributed by atoms with Gasteiger partial charge >= 0.3 is 6.18 Å². The van der Waals surface area contributed by atoms with E-state index in [1.165, 1.54) is 17.1 Å². The van der Waals surface area contributed by atoms with E-state index < -0.39 is 11.7 Å². The molecule has 21 heavy (non-hydrogen) atoms. The Morgan fingerprint density at radius 2 is 1.90 bits per heavy atom. The topological polar surface area (TPSA) is 107 Å². The van der Waals surface area contributed by atoms with Gasteiger partial charge in [0, 0.05) is 12.4 Å². The maximum absolute atomic E-state index is 12.9. The summed E-state index contributed by atoms with van der Waals surface area (Å²) in [6, 6.07) is 0. The number of hydrogen-bond acceptors (Lipinski definition) is 7. The van der Waals surface area contributed by atoms with Crippen LogP contribution in [0.25, 0.3) is 5.95 Å². The standard InChI is InChI=1S/C10H11F3N8/c11-10(12,13)9(1-2-9)19-6-16-7(20-14)18-8(17-6)21-4-3-15-5-21/h3-5H,1-2,14H2,(H2,16,17,18,19,20). The van der Waals surface area contributed by atoms with Crippen LogP contribution in [0.1, 0.15) is 12.8 Å². The van der Waals surface area contributed by atoms with Gasteiger partial charge in [-0.1, -0.05) is 0 Å². The number of nitrogen functional groups attached to an aromatic ring is 1. The van der Waals surface area contributed by atoms with Gasteiger partial charge in [-0.15, -0.1) is 0 Å². The van der Waals surface area contributed by atoms with Crippen LogP contribution in [0.2, 0.25) is 0 Å². The van der Waals surface area contributed by atoms with Crippen molar-refractivity contribution < 1.29 is 13.2 Å². The first-order valence-corrected chi connectivity index (χ1v) is 5.99. The number of alkyl halides is 3. The maximum Gasteiger partial charge on any atom is 0.411 e. The lowest BCUT2D eigenvalue weighted by molar-refractivity contribution is -0.151. The number of halogens is 3. The van der Waals surface area contributed by atoms with E-state index in [9.17, 15) is 13.2 Å². The summed E-state index contributed by atoms with van der Waals surface area (Å²) in [4.78, 5) is 15.5. The molecule has 0 atom stereocenters. The second-order valence-corrected chi connectivity index (χ2v) is 4.60. The summed E-state index contributed by atoms with van der Waals surface area (Å²) in [7, 11) is 0. The number of hydrazine groups is 1. The zero-order chi connectivity index (χ0) is 15.1. The van der Waals surface area contributed by atoms with E-state index >= 15 is 0 Å². The highest BCUT2D eigenvalue weighted by Crippen LogP contribution is 2.50. The van der Waals surface area contributed by atoms with Gasteiger partial charge in [0.25, 0.3) is 0 Å². The lowest BCUT2D eigenvalue weighted by Gasteiger charge is -2.20. The van der Waals surface area contributed by atoms with Crippen molar-refractivity contribution in [3.8, 4) is 5.95 Å². The van der Waals surface area contributed by atoms with Crippen LogP contribution in [-0.4, -0.2) is 36.2 Å². The fourth-order valence-electron chi connectivity index (χ4n) is 1.80. The Kier molecular flexibility index (Phi) is 2.93. The van der Waals surface area contributed by atoms with Crippen LogP contribution >= 0.6 is 0 Å². The molecule has 0 bridgehead atoms. The molecule has 0 aromatic carbocycles. The number of nitrogens with zero attached hydrogens (tertiary/aromatic N) is 5. The Morgan fingerprint density at radius 3 is 2.43 bits per heavy atom. The van der Waals surface area contributed by atoms with Crippen LogP contribution in [0, 0.1) is 0 Å². The summed E-state index contributed by atoms with van der Waals surface area (Å²) in [5, 5.41) is 2.33. The van der Waals surface area contributed by atoms with Crippen molar-refractivity contribution >= 4 is 11.9 Å². The van der Waals surface area contributed by atoms with E-state index in [4.69, 9.17) is 5.84 Å². The van der Waals surface area contributed by atoms with Crippen molar-refractivity contribution in [2.24, 2.45) is 5.84 Å². The molecule has 0 amide bonds. The summed E-state index contributed by atoms with van der Waals surface area (Å²) in [5.74, 6) is 5.09. The summed E-state index contributed by atoms with van der Waals surface area (Å²) in [6.45, 7) is 0. The molecule has 1 fully saturated rings. The summed E-state index contributed by atoms with van der Waals surface area (Å²) >= 11 is 0. The van der Waals surface area contributed by atoms with Crippen molar-refractivity contribution in [1.82, 2.24) is 24.5 Å². The molecule has 8 nitrogen and oxygen atoms in total. The Balaban J connectivity index is 1.94. The Morgan fingerprint density at radius 1 is 1.19 bits per heavy atom. The Bertz CT molecular complexity index is 634. The molecule has 0 aliphatic heterocycles. The molecule has 0 spiro atoms. The van der Waals surface area contributed by atoms with Crippen LogP contribution in [0.4, 0.5) is 25.1 Å². The van der Waals surface area contributed by atoms with Crippen molar-refractivity contribution in [3.63, 3.8) is 0 Å². The SMILES string of the molecule is NNc1nc(NC2(C(F)(F)F)CC2)nc(-n2ccnc2)n1. The molecule has 2 aromatic rings. The number of nitrogens with two attached hydrogens (primary N) is 1. The van der Waals surface area contributed by atoms with Crippen molar-refractivity contribution in [3.05, 3.63) is 18.7 Å². The van der Waals surface area contributed by atoms with E-state index in [1.54, 1.807) is 6.20 Å². The van der Waals surface area contributed by atoms with Gasteiger partial charge in [0.05, 0.1) is 0 Å². The Hall–Kier alpha value is -2.43. The van der Waals surface area contributed by atoms with Gasteiger partial charge in [-0.2, -0.15) is 28.1 Å². The quantitative estimate of drug-likeness (QED) is 0.567. The van der Waals surface area contributed by atoms with Crippen LogP contribution in [0.3, 0.4) is 0 Å². The van der Waals surface area contributed by atoms with Gasteiger partial charge in [0.1, 0.15) is 11.9 Å².